The van der Waals surface area contributed by atoms with E-state index < -0.39 is 5.76 Å². The van der Waals surface area contributed by atoms with Gasteiger partial charge in [0.1, 0.15) is 23.1 Å². The van der Waals surface area contributed by atoms with Crippen molar-refractivity contribution in [2.75, 3.05) is 25.6 Å². The van der Waals surface area contributed by atoms with Gasteiger partial charge in [-0.25, -0.2) is 19.3 Å². The van der Waals surface area contributed by atoms with Crippen LogP contribution in [0.5, 0.6) is 11.5 Å². The van der Waals surface area contributed by atoms with Gasteiger partial charge in [-0.05, 0) is 66.5 Å². The minimum Gasteiger partial charge on any atom is -0.496 e. The zero-order valence-corrected chi connectivity index (χ0v) is 28.3. The number of aromatic nitrogens is 4. The molecule has 6 aromatic rings. The molecule has 256 valence electrons. The van der Waals surface area contributed by atoms with Crippen LogP contribution in [0.1, 0.15) is 75.7 Å². The Bertz CT molecular complexity index is 2470. The van der Waals surface area contributed by atoms with Gasteiger partial charge in [-0.2, -0.15) is 0 Å². The fraction of sp³-hybridized carbons (Fsp3) is 0.289. The number of pyridine rings is 2. The number of thiophene rings is 1. The molecule has 11 nitrogen and oxygen atoms in total. The second-order valence-electron chi connectivity index (χ2n) is 13.5. The molecule has 4 aliphatic rings. The first-order valence-corrected chi connectivity index (χ1v) is 17.9. The van der Waals surface area contributed by atoms with Gasteiger partial charge >= 0.3 is 5.76 Å². The maximum Gasteiger partial charge on any atom is 0.434 e. The Kier molecular flexibility index (Phi) is 6.82. The first kappa shape index (κ1) is 30.3. The fourth-order valence-corrected chi connectivity index (χ4v) is 9.65. The number of methoxy groups -OCH3 is 1. The van der Waals surface area contributed by atoms with Crippen LogP contribution in [0.25, 0.3) is 32.0 Å². The van der Waals surface area contributed by atoms with E-state index in [1.54, 1.807) is 19.4 Å². The molecule has 1 amide bonds. The van der Waals surface area contributed by atoms with Crippen LogP contribution in [0.4, 0.5) is 10.2 Å². The van der Waals surface area contributed by atoms with Gasteiger partial charge in [0, 0.05) is 47.2 Å². The highest BCUT2D eigenvalue weighted by Gasteiger charge is 2.45. The summed E-state index contributed by atoms with van der Waals surface area (Å²) < 4.78 is 32.2. The van der Waals surface area contributed by atoms with Gasteiger partial charge in [-0.1, -0.05) is 18.2 Å². The van der Waals surface area contributed by atoms with Crippen molar-refractivity contribution in [1.29, 1.82) is 0 Å². The SMILES string of the molecule is COc1cccc2c1CC[C@@H]2Nc1nccc2cc(-c3c4c(nc(C[C@H]5COc6cc(F)ccc65)c3-c3n[nH]c(=O)o3)[C@H]3CCCN3C4=O)sc12. The monoisotopic (exact) mass is 702 g/mol. The fourth-order valence-electron chi connectivity index (χ4n) is 8.48. The molecule has 10 rings (SSSR count). The molecule has 2 aromatic carbocycles. The van der Waals surface area contributed by atoms with Crippen molar-refractivity contribution in [3.05, 3.63) is 105 Å². The van der Waals surface area contributed by atoms with Gasteiger partial charge in [0.15, 0.2) is 0 Å². The van der Waals surface area contributed by atoms with Crippen LogP contribution in [0.3, 0.4) is 0 Å². The highest BCUT2D eigenvalue weighted by Crippen LogP contribution is 2.51. The minimum absolute atomic E-state index is 0.0585. The molecule has 3 atom stereocenters. The molecule has 0 spiro atoms. The third-order valence-electron chi connectivity index (χ3n) is 10.7. The van der Waals surface area contributed by atoms with Crippen LogP contribution in [-0.4, -0.2) is 51.2 Å². The Balaban J connectivity index is 1.15. The van der Waals surface area contributed by atoms with Crippen molar-refractivity contribution >= 4 is 33.1 Å². The summed E-state index contributed by atoms with van der Waals surface area (Å²) in [4.78, 5) is 39.4. The third-order valence-corrected chi connectivity index (χ3v) is 11.9. The number of fused-ring (bicyclic) bond motifs is 6. The molecule has 0 unspecified atom stereocenters. The number of amides is 1. The van der Waals surface area contributed by atoms with Crippen LogP contribution >= 0.6 is 11.3 Å². The van der Waals surface area contributed by atoms with E-state index in [9.17, 15) is 14.0 Å². The predicted octanol–water partition coefficient (Wildman–Crippen LogP) is 6.96. The number of nitrogens with one attached hydrogen (secondary N) is 2. The molecule has 0 bridgehead atoms. The van der Waals surface area contributed by atoms with Crippen molar-refractivity contribution in [2.45, 2.75) is 50.1 Å². The van der Waals surface area contributed by atoms with Crippen LogP contribution in [0.2, 0.25) is 0 Å². The number of benzene rings is 2. The maximum atomic E-state index is 14.3. The highest BCUT2D eigenvalue weighted by atomic mass is 32.1. The maximum absolute atomic E-state index is 14.3. The number of carbonyl (C=O) groups is 1. The molecule has 1 saturated heterocycles. The summed E-state index contributed by atoms with van der Waals surface area (Å²) in [5, 5.41) is 11.4. The van der Waals surface area contributed by atoms with Gasteiger partial charge in [0.2, 0.25) is 0 Å². The number of anilines is 1. The number of rotatable bonds is 7. The molecular formula is C38H31FN6O5S. The summed E-state index contributed by atoms with van der Waals surface area (Å²) in [6, 6.07) is 14.7. The lowest BCUT2D eigenvalue weighted by molar-refractivity contribution is 0.0776. The Morgan fingerprint density at radius 1 is 1.10 bits per heavy atom. The minimum atomic E-state index is -0.708. The summed E-state index contributed by atoms with van der Waals surface area (Å²) in [7, 11) is 1.70. The number of halogens is 1. The number of hydrogen-bond donors (Lipinski definition) is 2. The Morgan fingerprint density at radius 3 is 2.88 bits per heavy atom. The second-order valence-corrected chi connectivity index (χ2v) is 14.5. The first-order chi connectivity index (χ1) is 24.9. The number of aromatic amines is 1. The smallest absolute Gasteiger partial charge is 0.434 e. The summed E-state index contributed by atoms with van der Waals surface area (Å²) in [6.45, 7) is 0.986. The molecule has 13 heteroatoms. The molecule has 51 heavy (non-hydrogen) atoms. The Morgan fingerprint density at radius 2 is 2.02 bits per heavy atom. The van der Waals surface area contributed by atoms with Gasteiger partial charge in [0.25, 0.3) is 11.8 Å². The zero-order chi connectivity index (χ0) is 34.4. The van der Waals surface area contributed by atoms with E-state index in [0.29, 0.717) is 47.7 Å². The van der Waals surface area contributed by atoms with Crippen molar-refractivity contribution in [3.8, 4) is 33.4 Å². The number of hydrogen-bond acceptors (Lipinski definition) is 10. The molecule has 1 aliphatic carbocycles. The number of H-pyrrole nitrogens is 1. The van der Waals surface area contributed by atoms with E-state index in [1.807, 2.05) is 23.1 Å². The highest BCUT2D eigenvalue weighted by molar-refractivity contribution is 7.23. The predicted molar refractivity (Wildman–Crippen MR) is 188 cm³/mol. The average molecular weight is 703 g/mol. The third kappa shape index (κ3) is 4.70. The number of carbonyl (C=O) groups excluding carboxylic acids is 1. The average Bonchev–Trinajstić information content (AvgIpc) is 3.99. The summed E-state index contributed by atoms with van der Waals surface area (Å²) >= 11 is 1.53. The molecule has 2 N–H and O–H groups in total. The van der Waals surface area contributed by atoms with Gasteiger partial charge in [-0.15, -0.1) is 16.4 Å². The molecule has 4 aromatic heterocycles. The van der Waals surface area contributed by atoms with E-state index in [4.69, 9.17) is 23.9 Å². The molecule has 1 fully saturated rings. The molecular weight excluding hydrogens is 672 g/mol. The number of nitrogens with zero attached hydrogens (tertiary/aromatic N) is 4. The number of ether oxygens (including phenoxy) is 2. The first-order valence-electron chi connectivity index (χ1n) is 17.1. The summed E-state index contributed by atoms with van der Waals surface area (Å²) in [5.41, 5.74) is 6.30. The van der Waals surface area contributed by atoms with E-state index in [0.717, 1.165) is 63.5 Å². The molecule has 7 heterocycles. The Labute approximate surface area is 294 Å². The zero-order valence-electron chi connectivity index (χ0n) is 27.5. The van der Waals surface area contributed by atoms with E-state index >= 15 is 0 Å². The van der Waals surface area contributed by atoms with Gasteiger partial charge in [-0.3, -0.25) is 9.78 Å². The lowest BCUT2D eigenvalue weighted by atomic mass is 9.89. The van der Waals surface area contributed by atoms with Crippen LogP contribution in [0.15, 0.2) is 63.9 Å². The topological polar surface area (TPSA) is 135 Å². The summed E-state index contributed by atoms with van der Waals surface area (Å²) in [5.74, 6) is 0.909. The lowest BCUT2D eigenvalue weighted by Gasteiger charge is -2.18. The summed E-state index contributed by atoms with van der Waals surface area (Å²) in [6.07, 6.45) is 5.71. The van der Waals surface area contributed by atoms with Crippen LogP contribution in [-0.2, 0) is 12.8 Å². The normalized spacial score (nSPS) is 20.0. The second kappa shape index (κ2) is 11.5. The van der Waals surface area contributed by atoms with Gasteiger partial charge in [0.05, 0.1) is 53.0 Å². The quantitative estimate of drug-likeness (QED) is 0.181. The Hall–Kier alpha value is -5.56. The molecule has 0 saturated carbocycles. The molecule has 3 aliphatic heterocycles. The van der Waals surface area contributed by atoms with Crippen molar-refractivity contribution < 1.29 is 23.1 Å². The van der Waals surface area contributed by atoms with Crippen molar-refractivity contribution in [1.82, 2.24) is 25.1 Å². The lowest BCUT2D eigenvalue weighted by Crippen LogP contribution is -2.22. The van der Waals surface area contributed by atoms with Crippen molar-refractivity contribution in [2.24, 2.45) is 0 Å². The standard InChI is InChI=1S/C38H31FN6O5S/c1-48-27-6-2-4-22-23(27)9-10-24(22)42-35-34-18(11-12-40-35)15-29(51-34)31-30(36-43-44-38(47)50-36)25(14-19-17-49-28-16-20(39)7-8-21(19)28)41-33-26-5-3-13-45(26)37(46)32(31)33/h2,4,6-8,11-12,15-16,19,24,26H,3,5,9-10,13-14,17H2,1H3,(H,40,42)(H,44,47)/t19-,24-,26+/m0/s1. The van der Waals surface area contributed by atoms with E-state index in [1.165, 1.54) is 34.6 Å². The van der Waals surface area contributed by atoms with E-state index in [-0.39, 0.29) is 35.6 Å². The largest absolute Gasteiger partial charge is 0.496 e. The van der Waals surface area contributed by atoms with Crippen LogP contribution < -0.4 is 20.5 Å². The van der Waals surface area contributed by atoms with Crippen molar-refractivity contribution in [3.63, 3.8) is 0 Å². The molecule has 0 radical (unpaired) electrons. The van der Waals surface area contributed by atoms with E-state index in [2.05, 4.69) is 27.6 Å². The van der Waals surface area contributed by atoms with Gasteiger partial charge < -0.3 is 24.1 Å². The van der Waals surface area contributed by atoms with Crippen LogP contribution in [0, 0.1) is 5.82 Å².